The first-order chi connectivity index (χ1) is 12.4. The fraction of sp³-hybridized carbons (Fsp3) is 0.579. The Labute approximate surface area is 154 Å². The van der Waals surface area contributed by atoms with Crippen LogP contribution in [0.15, 0.2) is 29.2 Å². The van der Waals surface area contributed by atoms with Crippen LogP contribution in [0.3, 0.4) is 0 Å². The van der Waals surface area contributed by atoms with Gasteiger partial charge in [0.1, 0.15) is 0 Å². The molecule has 0 aromatic heterocycles. The highest BCUT2D eigenvalue weighted by Gasteiger charge is 2.35. The fourth-order valence-corrected chi connectivity index (χ4v) is 4.70. The predicted octanol–water partition coefficient (Wildman–Crippen LogP) is 2.43. The zero-order valence-electron chi connectivity index (χ0n) is 15.0. The molecule has 0 unspecified atom stereocenters. The Morgan fingerprint density at radius 3 is 2.42 bits per heavy atom. The average Bonchev–Trinajstić information content (AvgIpc) is 2.64. The van der Waals surface area contributed by atoms with Crippen molar-refractivity contribution in [2.24, 2.45) is 5.92 Å². The Balaban J connectivity index is 1.57. The number of hydrogen-bond acceptors (Lipinski definition) is 5. The van der Waals surface area contributed by atoms with Crippen LogP contribution in [0.25, 0.3) is 0 Å². The van der Waals surface area contributed by atoms with E-state index in [1.54, 1.807) is 0 Å². The van der Waals surface area contributed by atoms with Crippen molar-refractivity contribution >= 4 is 21.7 Å². The highest BCUT2D eigenvalue weighted by Crippen LogP contribution is 2.35. The predicted molar refractivity (Wildman–Crippen MR) is 96.5 cm³/mol. The van der Waals surface area contributed by atoms with Crippen LogP contribution in [0, 0.1) is 5.92 Å². The van der Waals surface area contributed by atoms with E-state index in [1.807, 2.05) is 4.90 Å². The molecule has 0 spiro atoms. The van der Waals surface area contributed by atoms with Crippen molar-refractivity contribution in [3.63, 3.8) is 0 Å². The number of benzene rings is 1. The Morgan fingerprint density at radius 2 is 1.73 bits per heavy atom. The van der Waals surface area contributed by atoms with E-state index < -0.39 is 15.8 Å². The molecule has 1 aliphatic carbocycles. The number of fused-ring (bicyclic) bond motifs is 1. The lowest BCUT2D eigenvalue weighted by Crippen LogP contribution is -2.50. The lowest BCUT2D eigenvalue weighted by atomic mass is 9.78. The van der Waals surface area contributed by atoms with E-state index in [4.69, 9.17) is 4.74 Å². The molecule has 1 saturated heterocycles. The van der Waals surface area contributed by atoms with Gasteiger partial charge in [0.2, 0.25) is 0 Å². The monoisotopic (exact) mass is 379 g/mol. The largest absolute Gasteiger partial charge is 0.452 e. The van der Waals surface area contributed by atoms with E-state index >= 15 is 0 Å². The van der Waals surface area contributed by atoms with Crippen molar-refractivity contribution in [1.82, 2.24) is 4.90 Å². The summed E-state index contributed by atoms with van der Waals surface area (Å²) in [5.74, 6) is -0.168. The number of carbonyl (C=O) groups excluding carboxylic acids is 2. The molecule has 2 atom stereocenters. The summed E-state index contributed by atoms with van der Waals surface area (Å²) in [6, 6.07) is 5.83. The minimum Gasteiger partial charge on any atom is -0.452 e. The highest BCUT2D eigenvalue weighted by atomic mass is 32.2. The normalized spacial score (nSPS) is 23.2. The first-order valence-electron chi connectivity index (χ1n) is 9.13. The van der Waals surface area contributed by atoms with E-state index in [9.17, 15) is 18.0 Å². The molecule has 26 heavy (non-hydrogen) atoms. The summed E-state index contributed by atoms with van der Waals surface area (Å²) in [5, 5.41) is 0. The molecule has 3 rings (SSSR count). The second kappa shape index (κ2) is 7.78. The number of rotatable bonds is 4. The molecule has 0 radical (unpaired) electrons. The molecule has 1 aromatic carbocycles. The minimum atomic E-state index is -3.31. The summed E-state index contributed by atoms with van der Waals surface area (Å²) in [6.07, 6.45) is 7.90. The van der Waals surface area contributed by atoms with E-state index in [2.05, 4.69) is 0 Å². The molecular weight excluding hydrogens is 354 g/mol. The van der Waals surface area contributed by atoms with E-state index in [0.29, 0.717) is 5.92 Å². The van der Waals surface area contributed by atoms with Crippen LogP contribution in [-0.4, -0.2) is 50.6 Å². The van der Waals surface area contributed by atoms with Crippen molar-refractivity contribution in [2.75, 3.05) is 19.4 Å². The van der Waals surface area contributed by atoms with Crippen LogP contribution in [-0.2, 0) is 19.4 Å². The first-order valence-corrected chi connectivity index (χ1v) is 11.0. The van der Waals surface area contributed by atoms with Gasteiger partial charge in [-0.2, -0.15) is 0 Å². The molecule has 0 N–H and O–H groups in total. The SMILES string of the molecule is CS(=O)(=O)c1ccc(C(=O)OCC(=O)N2CCC[C@H]3CCCC[C@@H]32)cc1. The third-order valence-electron chi connectivity index (χ3n) is 5.41. The number of carbonyl (C=O) groups is 2. The zero-order chi connectivity index (χ0) is 18.7. The summed E-state index contributed by atoms with van der Waals surface area (Å²) in [7, 11) is -3.31. The van der Waals surface area contributed by atoms with E-state index in [1.165, 1.54) is 43.5 Å². The van der Waals surface area contributed by atoms with Gasteiger partial charge in [-0.1, -0.05) is 12.8 Å². The van der Waals surface area contributed by atoms with Gasteiger partial charge in [0.25, 0.3) is 5.91 Å². The zero-order valence-corrected chi connectivity index (χ0v) is 15.8. The second-order valence-corrected chi connectivity index (χ2v) is 9.23. The molecule has 1 aliphatic heterocycles. The molecule has 2 aliphatic rings. The molecule has 1 aromatic rings. The van der Waals surface area contributed by atoms with Crippen molar-refractivity contribution in [1.29, 1.82) is 0 Å². The number of likely N-dealkylation sites (tertiary alicyclic amines) is 1. The van der Waals surface area contributed by atoms with Gasteiger partial charge in [0, 0.05) is 18.8 Å². The van der Waals surface area contributed by atoms with Crippen molar-refractivity contribution < 1.29 is 22.7 Å². The lowest BCUT2D eigenvalue weighted by Gasteiger charge is -2.44. The lowest BCUT2D eigenvalue weighted by molar-refractivity contribution is -0.140. The van der Waals surface area contributed by atoms with Gasteiger partial charge in [-0.25, -0.2) is 13.2 Å². The summed E-state index contributed by atoms with van der Waals surface area (Å²) < 4.78 is 28.1. The summed E-state index contributed by atoms with van der Waals surface area (Å²) in [5.41, 5.74) is 0.236. The van der Waals surface area contributed by atoms with Gasteiger partial charge < -0.3 is 9.64 Å². The second-order valence-electron chi connectivity index (χ2n) is 7.21. The Kier molecular flexibility index (Phi) is 5.65. The Hall–Kier alpha value is -1.89. The highest BCUT2D eigenvalue weighted by molar-refractivity contribution is 7.90. The Morgan fingerprint density at radius 1 is 1.08 bits per heavy atom. The molecule has 1 heterocycles. The Bertz CT molecular complexity index is 770. The number of ether oxygens (including phenoxy) is 1. The number of piperidine rings is 1. The van der Waals surface area contributed by atoms with Gasteiger partial charge in [-0.05, 0) is 55.9 Å². The topological polar surface area (TPSA) is 80.7 Å². The number of nitrogens with zero attached hydrogens (tertiary/aromatic N) is 1. The third-order valence-corrected chi connectivity index (χ3v) is 6.54. The molecule has 6 nitrogen and oxygen atoms in total. The molecule has 1 amide bonds. The number of hydrogen-bond donors (Lipinski definition) is 0. The molecular formula is C19H25NO5S. The summed E-state index contributed by atoms with van der Waals surface area (Å²) >= 11 is 0. The minimum absolute atomic E-state index is 0.136. The average molecular weight is 379 g/mol. The van der Waals surface area contributed by atoms with Crippen molar-refractivity contribution in [3.05, 3.63) is 29.8 Å². The third kappa shape index (κ3) is 4.26. The maximum atomic E-state index is 12.5. The standard InChI is InChI=1S/C19H25NO5S/c1-26(23,24)16-10-8-15(9-11-16)19(22)25-13-18(21)20-12-4-6-14-5-2-3-7-17(14)20/h8-11,14,17H,2-7,12-13H2,1H3/t14-,17+/m1/s1. The number of esters is 1. The van der Waals surface area contributed by atoms with Crippen molar-refractivity contribution in [2.45, 2.75) is 49.5 Å². The molecule has 7 heteroatoms. The molecule has 2 fully saturated rings. The van der Waals surface area contributed by atoms with Gasteiger partial charge >= 0.3 is 5.97 Å². The van der Waals surface area contributed by atoms with Gasteiger partial charge in [0.15, 0.2) is 16.4 Å². The van der Waals surface area contributed by atoms with Gasteiger partial charge in [0.05, 0.1) is 10.5 Å². The summed E-state index contributed by atoms with van der Waals surface area (Å²) in [6.45, 7) is 0.469. The fourth-order valence-electron chi connectivity index (χ4n) is 4.07. The van der Waals surface area contributed by atoms with Crippen LogP contribution < -0.4 is 0 Å². The summed E-state index contributed by atoms with van der Waals surface area (Å²) in [4.78, 5) is 26.7. The van der Waals surface area contributed by atoms with Crippen LogP contribution in [0.5, 0.6) is 0 Å². The van der Waals surface area contributed by atoms with Crippen LogP contribution in [0.4, 0.5) is 0 Å². The first kappa shape index (κ1) is 18.9. The smallest absolute Gasteiger partial charge is 0.338 e. The maximum absolute atomic E-state index is 12.5. The number of sulfone groups is 1. The van der Waals surface area contributed by atoms with Gasteiger partial charge in [-0.3, -0.25) is 4.79 Å². The van der Waals surface area contributed by atoms with E-state index in [-0.39, 0.29) is 29.0 Å². The maximum Gasteiger partial charge on any atom is 0.338 e. The number of amides is 1. The van der Waals surface area contributed by atoms with E-state index in [0.717, 1.165) is 32.1 Å². The van der Waals surface area contributed by atoms with Crippen LogP contribution in [0.2, 0.25) is 0 Å². The molecule has 0 bridgehead atoms. The van der Waals surface area contributed by atoms with Crippen molar-refractivity contribution in [3.8, 4) is 0 Å². The quantitative estimate of drug-likeness (QED) is 0.751. The molecule has 142 valence electrons. The molecule has 1 saturated carbocycles. The van der Waals surface area contributed by atoms with Gasteiger partial charge in [-0.15, -0.1) is 0 Å². The van der Waals surface area contributed by atoms with Crippen LogP contribution in [0.1, 0.15) is 48.9 Å². The van der Waals surface area contributed by atoms with Crippen LogP contribution >= 0.6 is 0 Å².